The van der Waals surface area contributed by atoms with Crippen LogP contribution < -0.4 is 0 Å². The van der Waals surface area contributed by atoms with Gasteiger partial charge in [-0.1, -0.05) is 29.3 Å². The predicted octanol–water partition coefficient (Wildman–Crippen LogP) is 4.75. The monoisotopic (exact) mass is 394 g/mol. The first-order valence-corrected chi connectivity index (χ1v) is 8.97. The molecule has 3 heterocycles. The maximum Gasteiger partial charge on any atom is 0.175 e. The Bertz CT molecular complexity index is 1300. The largest absolute Gasteiger partial charge is 0.265 e. The lowest BCUT2D eigenvalue weighted by molar-refractivity contribution is 0.893. The average molecular weight is 395 g/mol. The summed E-state index contributed by atoms with van der Waals surface area (Å²) >= 11 is 12.2. The Labute approximate surface area is 164 Å². The summed E-state index contributed by atoms with van der Waals surface area (Å²) in [5.74, 6) is 0.696. The second-order valence-corrected chi connectivity index (χ2v) is 7.04. The molecule has 6 nitrogen and oxygen atoms in total. The third-order valence-corrected chi connectivity index (χ3v) is 5.14. The van der Waals surface area contributed by atoms with E-state index in [1.807, 2.05) is 53.8 Å². The van der Waals surface area contributed by atoms with Crippen LogP contribution in [0.5, 0.6) is 0 Å². The summed E-state index contributed by atoms with van der Waals surface area (Å²) in [6.45, 7) is 1.96. The van der Waals surface area contributed by atoms with Gasteiger partial charge in [0.2, 0.25) is 0 Å². The molecule has 0 aliphatic rings. The fourth-order valence-corrected chi connectivity index (χ4v) is 3.32. The highest BCUT2D eigenvalue weighted by Crippen LogP contribution is 2.26. The molecule has 0 N–H and O–H groups in total. The van der Waals surface area contributed by atoms with Crippen molar-refractivity contribution >= 4 is 39.9 Å². The standard InChI is InChI=1S/C19H12Cl2N6/c1-11-2-7-14(8-16(11)21)27-18-15(9-23-27)19-25-24-17(26(19)10-22-18)12-3-5-13(20)6-4-12/h2-10H,1H3. The summed E-state index contributed by atoms with van der Waals surface area (Å²) in [6, 6.07) is 13.2. The molecular formula is C19H12Cl2N6. The number of rotatable bonds is 2. The first kappa shape index (κ1) is 16.2. The SMILES string of the molecule is Cc1ccc(-n2ncc3c2ncn2c(-c4ccc(Cl)cc4)nnc32)cc1Cl. The number of halogens is 2. The zero-order valence-electron chi connectivity index (χ0n) is 14.1. The highest BCUT2D eigenvalue weighted by atomic mass is 35.5. The lowest BCUT2D eigenvalue weighted by Crippen LogP contribution is -1.99. The molecule has 0 bridgehead atoms. The topological polar surface area (TPSA) is 60.9 Å². The average Bonchev–Trinajstić information content (AvgIpc) is 3.28. The van der Waals surface area contributed by atoms with E-state index in [1.165, 1.54) is 0 Å². The zero-order valence-corrected chi connectivity index (χ0v) is 15.6. The Morgan fingerprint density at radius 2 is 1.74 bits per heavy atom. The molecule has 132 valence electrons. The maximum absolute atomic E-state index is 6.26. The van der Waals surface area contributed by atoms with Gasteiger partial charge in [0.1, 0.15) is 6.33 Å². The number of hydrogen-bond acceptors (Lipinski definition) is 4. The molecule has 0 fully saturated rings. The second kappa shape index (κ2) is 6.04. The Morgan fingerprint density at radius 3 is 2.52 bits per heavy atom. The number of nitrogens with zero attached hydrogens (tertiary/aromatic N) is 6. The van der Waals surface area contributed by atoms with Gasteiger partial charge in [0.15, 0.2) is 17.1 Å². The van der Waals surface area contributed by atoms with Gasteiger partial charge in [-0.25, -0.2) is 9.67 Å². The molecule has 0 radical (unpaired) electrons. The molecule has 0 atom stereocenters. The van der Waals surface area contributed by atoms with Gasteiger partial charge in [-0.05, 0) is 48.9 Å². The van der Waals surface area contributed by atoms with Gasteiger partial charge in [-0.2, -0.15) is 5.10 Å². The molecule has 0 aliphatic carbocycles. The van der Waals surface area contributed by atoms with E-state index < -0.39 is 0 Å². The third kappa shape index (κ3) is 2.57. The van der Waals surface area contributed by atoms with Gasteiger partial charge in [0.05, 0.1) is 17.3 Å². The minimum Gasteiger partial charge on any atom is -0.265 e. The van der Waals surface area contributed by atoms with E-state index in [2.05, 4.69) is 20.3 Å². The van der Waals surface area contributed by atoms with Crippen LogP contribution in [0.2, 0.25) is 10.0 Å². The molecule has 0 saturated carbocycles. The van der Waals surface area contributed by atoms with Crippen molar-refractivity contribution in [2.75, 3.05) is 0 Å². The first-order chi connectivity index (χ1) is 13.1. The van der Waals surface area contributed by atoms with Gasteiger partial charge in [0, 0.05) is 15.6 Å². The summed E-state index contributed by atoms with van der Waals surface area (Å²) in [6.07, 6.45) is 3.45. The highest BCUT2D eigenvalue weighted by molar-refractivity contribution is 6.31. The van der Waals surface area contributed by atoms with Gasteiger partial charge < -0.3 is 0 Å². The second-order valence-electron chi connectivity index (χ2n) is 6.20. The van der Waals surface area contributed by atoms with Crippen LogP contribution in [0.4, 0.5) is 0 Å². The fourth-order valence-electron chi connectivity index (χ4n) is 3.02. The van der Waals surface area contributed by atoms with E-state index in [-0.39, 0.29) is 0 Å². The minimum atomic E-state index is 0.672. The molecule has 0 aliphatic heterocycles. The highest BCUT2D eigenvalue weighted by Gasteiger charge is 2.15. The number of benzene rings is 2. The van der Waals surface area contributed by atoms with Gasteiger partial charge >= 0.3 is 0 Å². The number of fused-ring (bicyclic) bond motifs is 3. The van der Waals surface area contributed by atoms with Crippen LogP contribution in [-0.2, 0) is 0 Å². The van der Waals surface area contributed by atoms with Crippen molar-refractivity contribution in [3.63, 3.8) is 0 Å². The van der Waals surface area contributed by atoms with Crippen molar-refractivity contribution < 1.29 is 0 Å². The molecule has 2 aromatic carbocycles. The summed E-state index contributed by atoms with van der Waals surface area (Å²) in [4.78, 5) is 4.59. The summed E-state index contributed by atoms with van der Waals surface area (Å²) in [7, 11) is 0. The van der Waals surface area contributed by atoms with Crippen LogP contribution >= 0.6 is 23.2 Å². The van der Waals surface area contributed by atoms with Crippen molar-refractivity contribution in [3.8, 4) is 17.1 Å². The molecule has 0 amide bonds. The van der Waals surface area contributed by atoms with Crippen LogP contribution in [0.25, 0.3) is 33.8 Å². The van der Waals surface area contributed by atoms with Gasteiger partial charge in [0.25, 0.3) is 0 Å². The summed E-state index contributed by atoms with van der Waals surface area (Å²) < 4.78 is 3.59. The Hall–Kier alpha value is -2.96. The van der Waals surface area contributed by atoms with Crippen LogP contribution in [0, 0.1) is 6.92 Å². The summed E-state index contributed by atoms with van der Waals surface area (Å²) in [5, 5.41) is 15.3. The maximum atomic E-state index is 6.26. The van der Waals surface area contributed by atoms with Crippen molar-refractivity contribution in [1.82, 2.24) is 29.4 Å². The van der Waals surface area contributed by atoms with E-state index in [0.29, 0.717) is 27.2 Å². The van der Waals surface area contributed by atoms with E-state index in [0.717, 1.165) is 22.2 Å². The first-order valence-electron chi connectivity index (χ1n) is 8.22. The van der Waals surface area contributed by atoms with Crippen LogP contribution in [-0.4, -0.2) is 29.4 Å². The van der Waals surface area contributed by atoms with Crippen molar-refractivity contribution in [2.45, 2.75) is 6.92 Å². The van der Waals surface area contributed by atoms with Gasteiger partial charge in [-0.3, -0.25) is 4.40 Å². The van der Waals surface area contributed by atoms with E-state index in [1.54, 1.807) is 17.2 Å². The fraction of sp³-hybridized carbons (Fsp3) is 0.0526. The summed E-state index contributed by atoms with van der Waals surface area (Å²) in [5.41, 5.74) is 4.14. The quantitative estimate of drug-likeness (QED) is 0.433. The molecular weight excluding hydrogens is 383 g/mol. The van der Waals surface area contributed by atoms with Crippen molar-refractivity contribution in [1.29, 1.82) is 0 Å². The molecule has 5 rings (SSSR count). The van der Waals surface area contributed by atoms with Crippen molar-refractivity contribution in [3.05, 3.63) is 70.6 Å². The van der Waals surface area contributed by atoms with E-state index >= 15 is 0 Å². The molecule has 5 aromatic rings. The molecule has 0 spiro atoms. The molecule has 0 saturated heterocycles. The smallest absolute Gasteiger partial charge is 0.175 e. The number of hydrogen-bond donors (Lipinski definition) is 0. The normalized spacial score (nSPS) is 11.5. The van der Waals surface area contributed by atoms with Crippen LogP contribution in [0.15, 0.2) is 55.0 Å². The zero-order chi connectivity index (χ0) is 18.5. The van der Waals surface area contributed by atoms with E-state index in [9.17, 15) is 0 Å². The predicted molar refractivity (Wildman–Crippen MR) is 106 cm³/mol. The van der Waals surface area contributed by atoms with Crippen LogP contribution in [0.1, 0.15) is 5.56 Å². The molecule has 8 heteroatoms. The third-order valence-electron chi connectivity index (χ3n) is 4.48. The Balaban J connectivity index is 1.70. The molecule has 27 heavy (non-hydrogen) atoms. The minimum absolute atomic E-state index is 0.672. The Kier molecular flexibility index (Phi) is 3.63. The van der Waals surface area contributed by atoms with Gasteiger partial charge in [-0.15, -0.1) is 10.2 Å². The van der Waals surface area contributed by atoms with Crippen molar-refractivity contribution in [2.24, 2.45) is 0 Å². The van der Waals surface area contributed by atoms with Crippen LogP contribution in [0.3, 0.4) is 0 Å². The number of aromatic nitrogens is 6. The Morgan fingerprint density at radius 1 is 0.926 bits per heavy atom. The molecule has 3 aromatic heterocycles. The molecule has 0 unspecified atom stereocenters. The lowest BCUT2D eigenvalue weighted by atomic mass is 10.2. The number of aryl methyl sites for hydroxylation is 1. The van der Waals surface area contributed by atoms with E-state index in [4.69, 9.17) is 23.2 Å². The lowest BCUT2D eigenvalue weighted by Gasteiger charge is -2.05.